The molecule has 0 amide bonds. The van der Waals surface area contributed by atoms with Gasteiger partial charge in [0.1, 0.15) is 17.5 Å². The number of ether oxygens (including phenoxy) is 2. The van der Waals surface area contributed by atoms with Gasteiger partial charge in [-0.05, 0) is 36.6 Å². The largest absolute Gasteiger partial charge is 0.497 e. The van der Waals surface area contributed by atoms with E-state index in [2.05, 4.69) is 15.9 Å². The first-order chi connectivity index (χ1) is 12.6. The van der Waals surface area contributed by atoms with Gasteiger partial charge in [-0.1, -0.05) is 34.1 Å². The number of aliphatic carboxylic acids is 1. The van der Waals surface area contributed by atoms with Gasteiger partial charge in [0, 0.05) is 22.6 Å². The number of carboxylic acids is 1. The molecule has 0 radical (unpaired) electrons. The highest BCUT2D eigenvalue weighted by Gasteiger charge is 2.38. The van der Waals surface area contributed by atoms with Gasteiger partial charge in [-0.2, -0.15) is 0 Å². The van der Waals surface area contributed by atoms with Crippen LogP contribution in [0, 0.1) is 0 Å². The normalized spacial score (nSPS) is 18.5. The van der Waals surface area contributed by atoms with Gasteiger partial charge in [0.05, 0.1) is 20.3 Å². The molecule has 0 spiro atoms. The van der Waals surface area contributed by atoms with E-state index in [1.54, 1.807) is 14.2 Å². The molecular formula is C20H22BrNO4. The van der Waals surface area contributed by atoms with Crippen LogP contribution in [0.2, 0.25) is 0 Å². The summed E-state index contributed by atoms with van der Waals surface area (Å²) in [5.74, 6) is 0.598. The van der Waals surface area contributed by atoms with Crippen LogP contribution in [0.4, 0.5) is 0 Å². The van der Waals surface area contributed by atoms with Crippen LogP contribution in [0.25, 0.3) is 0 Å². The lowest BCUT2D eigenvalue weighted by molar-refractivity contribution is -0.142. The van der Waals surface area contributed by atoms with Crippen molar-refractivity contribution in [2.45, 2.75) is 24.9 Å². The van der Waals surface area contributed by atoms with Crippen LogP contribution >= 0.6 is 15.9 Å². The summed E-state index contributed by atoms with van der Waals surface area (Å²) >= 11 is 3.63. The number of benzene rings is 2. The summed E-state index contributed by atoms with van der Waals surface area (Å²) in [5, 5.41) is 9.70. The molecule has 26 heavy (non-hydrogen) atoms. The van der Waals surface area contributed by atoms with Crippen molar-refractivity contribution < 1.29 is 19.4 Å². The Morgan fingerprint density at radius 3 is 2.62 bits per heavy atom. The molecule has 1 aliphatic heterocycles. The zero-order valence-electron chi connectivity index (χ0n) is 14.8. The van der Waals surface area contributed by atoms with Crippen molar-refractivity contribution in [3.8, 4) is 11.5 Å². The second-order valence-corrected chi connectivity index (χ2v) is 7.12. The van der Waals surface area contributed by atoms with Crippen LogP contribution in [0.5, 0.6) is 11.5 Å². The standard InChI is InChI=1S/C20H22BrNO4/c1-25-13-9-10-15(18(12-13)26-2)19(14-6-3-4-7-16(14)21)22-11-5-8-17(22)20(23)24/h3-4,6-7,9-10,12,17,19H,5,8,11H2,1-2H3,(H,23,24). The van der Waals surface area contributed by atoms with E-state index in [1.165, 1.54) is 0 Å². The molecule has 138 valence electrons. The van der Waals surface area contributed by atoms with Crippen LogP contribution in [-0.2, 0) is 4.79 Å². The summed E-state index contributed by atoms with van der Waals surface area (Å²) in [4.78, 5) is 13.9. The average molecular weight is 420 g/mol. The molecule has 2 unspecified atom stereocenters. The summed E-state index contributed by atoms with van der Waals surface area (Å²) < 4.78 is 11.9. The summed E-state index contributed by atoms with van der Waals surface area (Å²) in [7, 11) is 3.23. The van der Waals surface area contributed by atoms with E-state index in [-0.39, 0.29) is 6.04 Å². The molecule has 1 fully saturated rings. The first-order valence-electron chi connectivity index (χ1n) is 8.51. The van der Waals surface area contributed by atoms with Gasteiger partial charge in [0.2, 0.25) is 0 Å². The van der Waals surface area contributed by atoms with Crippen molar-refractivity contribution in [1.29, 1.82) is 0 Å². The number of hydrogen-bond acceptors (Lipinski definition) is 4. The van der Waals surface area contributed by atoms with Crippen LogP contribution in [-0.4, -0.2) is 42.8 Å². The molecule has 1 aliphatic rings. The van der Waals surface area contributed by atoms with E-state index in [4.69, 9.17) is 9.47 Å². The van der Waals surface area contributed by atoms with Crippen LogP contribution in [0.1, 0.15) is 30.0 Å². The molecule has 0 aromatic heterocycles. The third-order valence-corrected chi connectivity index (χ3v) is 5.57. The first-order valence-corrected chi connectivity index (χ1v) is 9.31. The number of likely N-dealkylation sites (tertiary alicyclic amines) is 1. The minimum absolute atomic E-state index is 0.227. The molecular weight excluding hydrogens is 398 g/mol. The lowest BCUT2D eigenvalue weighted by Crippen LogP contribution is -2.39. The highest BCUT2D eigenvalue weighted by atomic mass is 79.9. The summed E-state index contributed by atoms with van der Waals surface area (Å²) in [5.41, 5.74) is 1.94. The molecule has 1 saturated heterocycles. The quantitative estimate of drug-likeness (QED) is 0.763. The zero-order valence-corrected chi connectivity index (χ0v) is 16.4. The maximum atomic E-state index is 11.8. The van der Waals surface area contributed by atoms with Gasteiger partial charge in [0.15, 0.2) is 0 Å². The Labute approximate surface area is 161 Å². The lowest BCUT2D eigenvalue weighted by atomic mass is 9.95. The van der Waals surface area contributed by atoms with Gasteiger partial charge in [0.25, 0.3) is 0 Å². The lowest BCUT2D eigenvalue weighted by Gasteiger charge is -2.33. The molecule has 0 bridgehead atoms. The van der Waals surface area contributed by atoms with Crippen molar-refractivity contribution in [2.24, 2.45) is 0 Å². The molecule has 1 heterocycles. The summed E-state index contributed by atoms with van der Waals surface area (Å²) in [6.45, 7) is 0.720. The Balaban J connectivity index is 2.16. The van der Waals surface area contributed by atoms with E-state index in [1.807, 2.05) is 47.4 Å². The van der Waals surface area contributed by atoms with Crippen molar-refractivity contribution >= 4 is 21.9 Å². The Hall–Kier alpha value is -2.05. The molecule has 2 aromatic rings. The summed E-state index contributed by atoms with van der Waals surface area (Å²) in [6, 6.07) is 12.9. The molecule has 0 aliphatic carbocycles. The molecule has 2 atom stereocenters. The number of nitrogens with zero attached hydrogens (tertiary/aromatic N) is 1. The van der Waals surface area contributed by atoms with E-state index in [9.17, 15) is 9.90 Å². The van der Waals surface area contributed by atoms with Crippen LogP contribution < -0.4 is 9.47 Å². The number of halogens is 1. The van der Waals surface area contributed by atoms with Gasteiger partial charge in [-0.25, -0.2) is 0 Å². The number of carbonyl (C=O) groups is 1. The number of carboxylic acid groups (broad SMARTS) is 1. The van der Waals surface area contributed by atoms with Crippen molar-refractivity contribution in [1.82, 2.24) is 4.90 Å². The second-order valence-electron chi connectivity index (χ2n) is 6.27. The SMILES string of the molecule is COc1ccc(C(c2ccccc2Br)N2CCCC2C(=O)O)c(OC)c1. The van der Waals surface area contributed by atoms with Crippen molar-refractivity contribution in [3.05, 3.63) is 58.1 Å². The fourth-order valence-electron chi connectivity index (χ4n) is 3.63. The average Bonchev–Trinajstić information content (AvgIpc) is 3.13. The van der Waals surface area contributed by atoms with Crippen molar-refractivity contribution in [3.63, 3.8) is 0 Å². The number of hydrogen-bond donors (Lipinski definition) is 1. The zero-order chi connectivity index (χ0) is 18.7. The second kappa shape index (κ2) is 8.10. The van der Waals surface area contributed by atoms with E-state index in [0.29, 0.717) is 17.9 Å². The highest BCUT2D eigenvalue weighted by molar-refractivity contribution is 9.10. The highest BCUT2D eigenvalue weighted by Crippen LogP contribution is 2.42. The van der Waals surface area contributed by atoms with Crippen LogP contribution in [0.3, 0.4) is 0 Å². The third-order valence-electron chi connectivity index (χ3n) is 4.85. The minimum Gasteiger partial charge on any atom is -0.497 e. The van der Waals surface area contributed by atoms with Gasteiger partial charge in [-0.3, -0.25) is 9.69 Å². The Morgan fingerprint density at radius 2 is 1.96 bits per heavy atom. The van der Waals surface area contributed by atoms with Gasteiger partial charge < -0.3 is 14.6 Å². The minimum atomic E-state index is -0.785. The topological polar surface area (TPSA) is 59.0 Å². The first kappa shape index (κ1) is 18.7. The Kier molecular flexibility index (Phi) is 5.84. The predicted molar refractivity (Wildman–Crippen MR) is 103 cm³/mol. The maximum Gasteiger partial charge on any atom is 0.320 e. The molecule has 6 heteroatoms. The molecule has 2 aromatic carbocycles. The van der Waals surface area contributed by atoms with E-state index in [0.717, 1.165) is 28.6 Å². The number of methoxy groups -OCH3 is 2. The molecule has 0 saturated carbocycles. The monoisotopic (exact) mass is 419 g/mol. The number of rotatable bonds is 6. The Bertz CT molecular complexity index is 795. The van der Waals surface area contributed by atoms with Gasteiger partial charge in [-0.15, -0.1) is 0 Å². The van der Waals surface area contributed by atoms with Gasteiger partial charge >= 0.3 is 5.97 Å². The smallest absolute Gasteiger partial charge is 0.320 e. The fraction of sp³-hybridized carbons (Fsp3) is 0.350. The molecule has 5 nitrogen and oxygen atoms in total. The van der Waals surface area contributed by atoms with E-state index >= 15 is 0 Å². The molecule has 1 N–H and O–H groups in total. The van der Waals surface area contributed by atoms with Crippen molar-refractivity contribution in [2.75, 3.05) is 20.8 Å². The maximum absolute atomic E-state index is 11.8. The Morgan fingerprint density at radius 1 is 1.19 bits per heavy atom. The molecule has 3 rings (SSSR count). The fourth-order valence-corrected chi connectivity index (χ4v) is 4.13. The van der Waals surface area contributed by atoms with E-state index < -0.39 is 12.0 Å². The third kappa shape index (κ3) is 3.57. The summed E-state index contributed by atoms with van der Waals surface area (Å²) in [6.07, 6.45) is 1.51. The van der Waals surface area contributed by atoms with Crippen LogP contribution in [0.15, 0.2) is 46.9 Å². The predicted octanol–water partition coefficient (Wildman–Crippen LogP) is 4.10.